The second-order valence-corrected chi connectivity index (χ2v) is 5.75. The topological polar surface area (TPSA) is 38.5 Å². The van der Waals surface area contributed by atoms with Crippen molar-refractivity contribution in [2.24, 2.45) is 11.7 Å². The summed E-state index contributed by atoms with van der Waals surface area (Å²) in [6, 6.07) is 7.65. The number of nitrogens with two attached hydrogens (primary N) is 1. The number of likely N-dealkylation sites (N-methyl/N-ethyl adjacent to an activating group) is 1. The van der Waals surface area contributed by atoms with E-state index in [1.54, 1.807) is 0 Å². The minimum atomic E-state index is 0.420. The van der Waals surface area contributed by atoms with E-state index in [1.807, 2.05) is 24.3 Å². The zero-order valence-corrected chi connectivity index (χ0v) is 14.3. The minimum Gasteiger partial charge on any atom is -0.492 e. The largest absolute Gasteiger partial charge is 0.492 e. The molecule has 0 saturated heterocycles. The first-order chi connectivity index (χ1) is 10.1. The fourth-order valence-corrected chi connectivity index (χ4v) is 2.43. The fourth-order valence-electron chi connectivity index (χ4n) is 2.30. The zero-order valence-electron chi connectivity index (χ0n) is 13.5. The molecular formula is C17H28N2OS. The number of rotatable bonds is 10. The Morgan fingerprint density at radius 2 is 1.81 bits per heavy atom. The smallest absolute Gasteiger partial charge is 0.119 e. The Kier molecular flexibility index (Phi) is 8.31. The zero-order chi connectivity index (χ0) is 15.7. The van der Waals surface area contributed by atoms with Crippen LogP contribution in [-0.2, 0) is 0 Å². The van der Waals surface area contributed by atoms with Gasteiger partial charge in [0.05, 0.1) is 0 Å². The van der Waals surface area contributed by atoms with Crippen molar-refractivity contribution < 1.29 is 4.74 Å². The lowest BCUT2D eigenvalue weighted by Crippen LogP contribution is -2.32. The van der Waals surface area contributed by atoms with Crippen molar-refractivity contribution in [3.8, 4) is 5.75 Å². The lowest BCUT2D eigenvalue weighted by molar-refractivity contribution is 0.188. The quantitative estimate of drug-likeness (QED) is 0.672. The van der Waals surface area contributed by atoms with Gasteiger partial charge in [0.15, 0.2) is 0 Å². The van der Waals surface area contributed by atoms with Gasteiger partial charge in [0.25, 0.3) is 0 Å². The van der Waals surface area contributed by atoms with Crippen molar-refractivity contribution in [1.29, 1.82) is 0 Å². The summed E-state index contributed by atoms with van der Waals surface area (Å²) in [5, 5.41) is 0. The lowest BCUT2D eigenvalue weighted by atomic mass is 10.0. The van der Waals surface area contributed by atoms with Crippen LogP contribution in [0.2, 0.25) is 0 Å². The summed E-state index contributed by atoms with van der Waals surface area (Å²) >= 11 is 4.94. The molecule has 118 valence electrons. The van der Waals surface area contributed by atoms with E-state index >= 15 is 0 Å². The number of benzene rings is 1. The summed E-state index contributed by atoms with van der Waals surface area (Å²) in [5.74, 6) is 1.66. The predicted octanol–water partition coefficient (Wildman–Crippen LogP) is 3.46. The van der Waals surface area contributed by atoms with Gasteiger partial charge in [-0.2, -0.15) is 0 Å². The molecule has 3 nitrogen and oxygen atoms in total. The molecule has 1 aromatic rings. The van der Waals surface area contributed by atoms with E-state index in [0.29, 0.717) is 11.6 Å². The van der Waals surface area contributed by atoms with Crippen LogP contribution in [0.3, 0.4) is 0 Å². The molecule has 0 unspecified atom stereocenters. The van der Waals surface area contributed by atoms with Gasteiger partial charge in [0.2, 0.25) is 0 Å². The van der Waals surface area contributed by atoms with Gasteiger partial charge in [-0.3, -0.25) is 4.90 Å². The van der Waals surface area contributed by atoms with Gasteiger partial charge in [-0.1, -0.05) is 45.8 Å². The van der Waals surface area contributed by atoms with E-state index in [2.05, 4.69) is 25.7 Å². The van der Waals surface area contributed by atoms with E-state index in [-0.39, 0.29) is 0 Å². The highest BCUT2D eigenvalue weighted by atomic mass is 32.1. The van der Waals surface area contributed by atoms with Crippen LogP contribution < -0.4 is 10.5 Å². The lowest BCUT2D eigenvalue weighted by Gasteiger charge is -2.25. The summed E-state index contributed by atoms with van der Waals surface area (Å²) in [4.78, 5) is 2.88. The average molecular weight is 308 g/mol. The van der Waals surface area contributed by atoms with Gasteiger partial charge in [0.1, 0.15) is 17.3 Å². The van der Waals surface area contributed by atoms with Crippen LogP contribution in [0, 0.1) is 5.92 Å². The number of nitrogens with zero attached hydrogens (tertiary/aromatic N) is 1. The molecular weight excluding hydrogens is 280 g/mol. The summed E-state index contributed by atoms with van der Waals surface area (Å²) in [7, 11) is 0. The Balaban J connectivity index is 2.38. The molecule has 0 radical (unpaired) electrons. The molecule has 0 aliphatic heterocycles. The van der Waals surface area contributed by atoms with E-state index in [1.165, 1.54) is 12.8 Å². The molecule has 21 heavy (non-hydrogen) atoms. The van der Waals surface area contributed by atoms with Crippen molar-refractivity contribution in [3.05, 3.63) is 29.8 Å². The number of hydrogen-bond donors (Lipinski definition) is 1. The van der Waals surface area contributed by atoms with E-state index in [4.69, 9.17) is 22.7 Å². The second-order valence-electron chi connectivity index (χ2n) is 5.31. The predicted molar refractivity (Wildman–Crippen MR) is 94.0 cm³/mol. The van der Waals surface area contributed by atoms with Crippen LogP contribution in [0.15, 0.2) is 24.3 Å². The highest BCUT2D eigenvalue weighted by Crippen LogP contribution is 2.13. The Bertz CT molecular complexity index is 415. The van der Waals surface area contributed by atoms with Crippen LogP contribution >= 0.6 is 12.2 Å². The Morgan fingerprint density at radius 1 is 1.19 bits per heavy atom. The molecule has 0 spiro atoms. The molecule has 0 heterocycles. The molecule has 0 fully saturated rings. The second kappa shape index (κ2) is 9.74. The Hall–Kier alpha value is -1.13. The summed E-state index contributed by atoms with van der Waals surface area (Å²) in [6.07, 6.45) is 2.49. The molecule has 0 saturated carbocycles. The van der Waals surface area contributed by atoms with Gasteiger partial charge < -0.3 is 10.5 Å². The van der Waals surface area contributed by atoms with Crippen LogP contribution in [0.4, 0.5) is 0 Å². The third-order valence-electron chi connectivity index (χ3n) is 3.93. The molecule has 2 N–H and O–H groups in total. The Labute approximate surface area is 134 Å². The molecule has 1 rings (SSSR count). The molecule has 1 aromatic carbocycles. The fraction of sp³-hybridized carbons (Fsp3) is 0.588. The minimum absolute atomic E-state index is 0.420. The molecule has 0 atom stereocenters. The number of thiocarbonyl (C=S) groups is 1. The maximum Gasteiger partial charge on any atom is 0.119 e. The third-order valence-corrected chi connectivity index (χ3v) is 4.17. The first-order valence-corrected chi connectivity index (χ1v) is 8.26. The normalized spacial score (nSPS) is 11.1. The highest BCUT2D eigenvalue weighted by molar-refractivity contribution is 7.80. The molecule has 0 aliphatic carbocycles. The first kappa shape index (κ1) is 17.9. The molecule has 0 aromatic heterocycles. The van der Waals surface area contributed by atoms with Crippen LogP contribution in [0.25, 0.3) is 0 Å². The maximum atomic E-state index is 5.80. The van der Waals surface area contributed by atoms with Gasteiger partial charge in [-0.05, 0) is 36.7 Å². The van der Waals surface area contributed by atoms with Gasteiger partial charge in [-0.15, -0.1) is 0 Å². The first-order valence-electron chi connectivity index (χ1n) is 7.85. The van der Waals surface area contributed by atoms with Crippen molar-refractivity contribution in [1.82, 2.24) is 4.90 Å². The van der Waals surface area contributed by atoms with Crippen molar-refractivity contribution >= 4 is 17.2 Å². The van der Waals surface area contributed by atoms with Crippen LogP contribution in [0.5, 0.6) is 5.75 Å². The number of hydrogen-bond acceptors (Lipinski definition) is 3. The average Bonchev–Trinajstić information content (AvgIpc) is 2.51. The van der Waals surface area contributed by atoms with Gasteiger partial charge >= 0.3 is 0 Å². The molecule has 0 amide bonds. The van der Waals surface area contributed by atoms with E-state index in [0.717, 1.165) is 36.9 Å². The summed E-state index contributed by atoms with van der Waals surface area (Å²) < 4.78 is 5.80. The van der Waals surface area contributed by atoms with Crippen LogP contribution in [-0.4, -0.2) is 36.1 Å². The van der Waals surface area contributed by atoms with Crippen LogP contribution in [0.1, 0.15) is 39.2 Å². The van der Waals surface area contributed by atoms with Gasteiger partial charge in [0, 0.05) is 18.7 Å². The standard InChI is InChI=1S/C17H28N2OS/c1-4-14(5-2)13-19(6-3)11-12-20-16-9-7-15(8-10-16)17(18)21/h7-10,14H,4-6,11-13H2,1-3H3,(H2,18,21). The SMILES string of the molecule is CCC(CC)CN(CC)CCOc1ccc(C(N)=S)cc1. The van der Waals surface area contributed by atoms with Gasteiger partial charge in [-0.25, -0.2) is 0 Å². The summed E-state index contributed by atoms with van der Waals surface area (Å²) in [6.45, 7) is 10.6. The highest BCUT2D eigenvalue weighted by Gasteiger charge is 2.09. The van der Waals surface area contributed by atoms with Crippen molar-refractivity contribution in [2.45, 2.75) is 33.6 Å². The van der Waals surface area contributed by atoms with E-state index < -0.39 is 0 Å². The van der Waals surface area contributed by atoms with Crippen molar-refractivity contribution in [2.75, 3.05) is 26.2 Å². The molecule has 0 bridgehead atoms. The molecule has 0 aliphatic rings. The monoisotopic (exact) mass is 308 g/mol. The molecule has 4 heteroatoms. The summed E-state index contributed by atoms with van der Waals surface area (Å²) in [5.41, 5.74) is 6.45. The van der Waals surface area contributed by atoms with E-state index in [9.17, 15) is 0 Å². The third kappa shape index (κ3) is 6.44. The van der Waals surface area contributed by atoms with Crippen molar-refractivity contribution in [3.63, 3.8) is 0 Å². The maximum absolute atomic E-state index is 5.80. The Morgan fingerprint density at radius 3 is 2.29 bits per heavy atom. The number of ether oxygens (including phenoxy) is 1.